The molecule has 0 aliphatic heterocycles. The van der Waals surface area contributed by atoms with Crippen LogP contribution in [0.3, 0.4) is 0 Å². The second-order valence-electron chi connectivity index (χ2n) is 2.79. The lowest BCUT2D eigenvalue weighted by atomic mass is 10.3. The van der Waals surface area contributed by atoms with E-state index >= 15 is 0 Å². The van der Waals surface area contributed by atoms with Crippen LogP contribution in [-0.2, 0) is 0 Å². The molecule has 7 N–H and O–H groups in total. The van der Waals surface area contributed by atoms with E-state index in [0.29, 0.717) is 5.56 Å². The first-order valence-electron chi connectivity index (χ1n) is 4.28. The number of carbonyl (C=O) groups is 1. The molecule has 0 aliphatic carbocycles. The molecule has 17 heavy (non-hydrogen) atoms. The number of carboxylic acid groups (broad SMARTS) is 1. The predicted octanol–water partition coefficient (Wildman–Crippen LogP) is -0.446. The number of hydrogen-bond donors (Lipinski definition) is 5. The molecule has 0 saturated carbocycles. The summed E-state index contributed by atoms with van der Waals surface area (Å²) < 4.78 is 0. The third-order valence-corrected chi connectivity index (χ3v) is 1.69. The number of anilines is 2. The molecule has 2 heterocycles. The maximum atomic E-state index is 10.1. The monoisotopic (exact) mass is 235 g/mol. The lowest BCUT2D eigenvalue weighted by Gasteiger charge is -1.84. The molecule has 0 unspecified atom stereocenters. The van der Waals surface area contributed by atoms with Crippen molar-refractivity contribution in [2.24, 2.45) is 0 Å². The molecule has 0 bridgehead atoms. The lowest BCUT2D eigenvalue weighted by molar-refractivity contribution is 0.0698. The molecular weight excluding hydrogens is 226 g/mol. The topological polar surface area (TPSA) is 170 Å². The Morgan fingerprint density at radius 3 is 2.12 bits per heavy atom. The van der Waals surface area contributed by atoms with Gasteiger partial charge in [0.15, 0.2) is 11.6 Å². The highest BCUT2D eigenvalue weighted by Gasteiger charge is 2.07. The van der Waals surface area contributed by atoms with Gasteiger partial charge in [-0.1, -0.05) is 0 Å². The Morgan fingerprint density at radius 2 is 1.88 bits per heavy atom. The molecule has 0 aliphatic rings. The highest BCUT2D eigenvalue weighted by atomic mass is 16.4. The minimum Gasteiger partial charge on any atom is -0.477 e. The maximum absolute atomic E-state index is 10.1. The van der Waals surface area contributed by atoms with Gasteiger partial charge in [0.05, 0.1) is 0 Å². The van der Waals surface area contributed by atoms with Crippen molar-refractivity contribution in [3.05, 3.63) is 23.5 Å². The number of nitrogens with zero attached hydrogens (tertiary/aromatic N) is 3. The van der Waals surface area contributed by atoms with Crippen molar-refractivity contribution in [2.75, 3.05) is 11.5 Å². The van der Waals surface area contributed by atoms with E-state index in [2.05, 4.69) is 20.4 Å². The van der Waals surface area contributed by atoms with E-state index in [-0.39, 0.29) is 17.2 Å². The first-order chi connectivity index (χ1) is 8.06. The number of rotatable bonds is 1. The van der Waals surface area contributed by atoms with Crippen LogP contribution in [0.4, 0.5) is 11.6 Å². The number of nitrogen functional groups attached to an aromatic ring is 2. The fourth-order valence-electron chi connectivity index (χ4n) is 0.862. The van der Waals surface area contributed by atoms with Gasteiger partial charge < -0.3 is 16.6 Å². The number of nitrogens with two attached hydrogens (primary N) is 2. The van der Waals surface area contributed by atoms with Gasteiger partial charge in [0.2, 0.25) is 0 Å². The van der Waals surface area contributed by atoms with Crippen molar-refractivity contribution in [1.29, 1.82) is 5.26 Å². The fraction of sp³-hybridized carbons (Fsp3) is 0. The lowest BCUT2D eigenvalue weighted by Crippen LogP contribution is -1.98. The minimum absolute atomic E-state index is 0.00926. The van der Waals surface area contributed by atoms with Gasteiger partial charge >= 0.3 is 5.97 Å². The van der Waals surface area contributed by atoms with Gasteiger partial charge in [-0.3, -0.25) is 10.2 Å². The summed E-state index contributed by atoms with van der Waals surface area (Å²) in [5, 5.41) is 28.2. The molecule has 9 heteroatoms. The Bertz CT molecular complexity index is 550. The molecule has 0 spiro atoms. The van der Waals surface area contributed by atoms with Crippen LogP contribution in [0.2, 0.25) is 0 Å². The van der Waals surface area contributed by atoms with Crippen molar-refractivity contribution < 1.29 is 9.90 Å². The normalized spacial score (nSPS) is 8.88. The van der Waals surface area contributed by atoms with Gasteiger partial charge in [0, 0.05) is 12.4 Å². The quantitative estimate of drug-likeness (QED) is 0.445. The summed E-state index contributed by atoms with van der Waals surface area (Å²) in [6, 6.07) is 1.86. The van der Waals surface area contributed by atoms with E-state index in [0.717, 1.165) is 0 Å². The molecular formula is C8H9N7O2. The first-order valence-corrected chi connectivity index (χ1v) is 4.28. The molecule has 2 aromatic rings. The third kappa shape index (κ3) is 2.96. The molecule has 9 nitrogen and oxygen atoms in total. The zero-order valence-electron chi connectivity index (χ0n) is 8.51. The molecule has 0 amide bonds. The van der Waals surface area contributed by atoms with E-state index in [9.17, 15) is 4.79 Å². The van der Waals surface area contributed by atoms with Gasteiger partial charge in [-0.15, -0.1) is 0 Å². The molecule has 0 atom stereocenters. The summed E-state index contributed by atoms with van der Waals surface area (Å²) in [6.45, 7) is 0. The van der Waals surface area contributed by atoms with Crippen LogP contribution in [0.15, 0.2) is 12.4 Å². The van der Waals surface area contributed by atoms with Crippen LogP contribution in [0.1, 0.15) is 15.9 Å². The largest absolute Gasteiger partial charge is 0.477 e. The second kappa shape index (κ2) is 5.17. The highest BCUT2D eigenvalue weighted by molar-refractivity contribution is 5.92. The molecule has 0 fully saturated rings. The van der Waals surface area contributed by atoms with Crippen LogP contribution in [0.25, 0.3) is 0 Å². The summed E-state index contributed by atoms with van der Waals surface area (Å²) in [4.78, 5) is 10.1. The molecule has 2 rings (SSSR count). The molecule has 88 valence electrons. The minimum atomic E-state index is -1.07. The Morgan fingerprint density at radius 1 is 1.29 bits per heavy atom. The first kappa shape index (κ1) is 12.1. The predicted molar refractivity (Wildman–Crippen MR) is 57.7 cm³/mol. The van der Waals surface area contributed by atoms with Crippen molar-refractivity contribution in [2.45, 2.75) is 0 Å². The van der Waals surface area contributed by atoms with Crippen LogP contribution < -0.4 is 11.5 Å². The number of H-pyrrole nitrogens is 2. The van der Waals surface area contributed by atoms with E-state index < -0.39 is 5.97 Å². The Kier molecular flexibility index (Phi) is 3.67. The Balaban J connectivity index is 0.000000171. The molecule has 2 aromatic heterocycles. The van der Waals surface area contributed by atoms with Crippen LogP contribution >= 0.6 is 0 Å². The van der Waals surface area contributed by atoms with E-state index in [4.69, 9.17) is 21.8 Å². The van der Waals surface area contributed by atoms with Crippen molar-refractivity contribution >= 4 is 17.6 Å². The van der Waals surface area contributed by atoms with Crippen LogP contribution in [0, 0.1) is 11.3 Å². The summed E-state index contributed by atoms with van der Waals surface area (Å²) in [5.74, 6) is -0.795. The van der Waals surface area contributed by atoms with E-state index in [1.807, 2.05) is 6.07 Å². The fourth-order valence-corrected chi connectivity index (χ4v) is 0.862. The zero-order valence-corrected chi connectivity index (χ0v) is 8.51. The van der Waals surface area contributed by atoms with E-state index in [1.165, 1.54) is 12.4 Å². The van der Waals surface area contributed by atoms with Crippen molar-refractivity contribution in [1.82, 2.24) is 20.4 Å². The standard InChI is InChI=1S/C4H4N4.C4H5N3O2/c5-1-3-2-7-8-4(3)6;5-3-2(4(8)9)1-6-7-3/h2H,(H3,6,7,8);1H,(H,8,9)(H3,5,6,7). The van der Waals surface area contributed by atoms with Gasteiger partial charge in [-0.05, 0) is 0 Å². The van der Waals surface area contributed by atoms with Crippen LogP contribution in [-0.4, -0.2) is 31.5 Å². The summed E-state index contributed by atoms with van der Waals surface area (Å²) in [6.07, 6.45) is 2.69. The number of aromatic carboxylic acids is 1. The average Bonchev–Trinajstić information content (AvgIpc) is 2.87. The molecule has 0 aromatic carbocycles. The number of carboxylic acids is 1. The number of aromatic amines is 2. The zero-order chi connectivity index (χ0) is 12.8. The Labute approximate surface area is 95.0 Å². The van der Waals surface area contributed by atoms with Gasteiger partial charge in [0.25, 0.3) is 0 Å². The van der Waals surface area contributed by atoms with Gasteiger partial charge in [0.1, 0.15) is 17.2 Å². The summed E-state index contributed by atoms with van der Waals surface area (Å²) >= 11 is 0. The smallest absolute Gasteiger partial charge is 0.341 e. The van der Waals surface area contributed by atoms with Crippen molar-refractivity contribution in [3.8, 4) is 6.07 Å². The number of nitrogens with one attached hydrogen (secondary N) is 2. The Hall–Kier alpha value is -3.02. The van der Waals surface area contributed by atoms with Crippen LogP contribution in [0.5, 0.6) is 0 Å². The SMILES string of the molecule is N#Cc1c[nH]nc1N.Nc1n[nH]cc1C(=O)O. The number of nitriles is 1. The third-order valence-electron chi connectivity index (χ3n) is 1.69. The molecule has 0 saturated heterocycles. The van der Waals surface area contributed by atoms with Gasteiger partial charge in [-0.25, -0.2) is 4.79 Å². The number of aromatic nitrogens is 4. The summed E-state index contributed by atoms with van der Waals surface area (Å²) in [5.41, 5.74) is 10.7. The second-order valence-corrected chi connectivity index (χ2v) is 2.79. The average molecular weight is 235 g/mol. The number of hydrogen-bond acceptors (Lipinski definition) is 6. The maximum Gasteiger partial charge on any atom is 0.341 e. The summed E-state index contributed by atoms with van der Waals surface area (Å²) in [7, 11) is 0. The van der Waals surface area contributed by atoms with E-state index in [1.54, 1.807) is 0 Å². The van der Waals surface area contributed by atoms with Gasteiger partial charge in [-0.2, -0.15) is 15.5 Å². The highest BCUT2D eigenvalue weighted by Crippen LogP contribution is 2.03. The van der Waals surface area contributed by atoms with Crippen molar-refractivity contribution in [3.63, 3.8) is 0 Å². The molecule has 0 radical (unpaired) electrons.